The van der Waals surface area contributed by atoms with E-state index < -0.39 is 40.8 Å². The zero-order chi connectivity index (χ0) is 28.2. The maximum Gasteiger partial charge on any atom is 0.249 e. The number of methoxy groups -OCH3 is 1. The molecule has 0 spiro atoms. The van der Waals surface area contributed by atoms with Crippen LogP contribution in [0.5, 0.6) is 11.5 Å². The van der Waals surface area contributed by atoms with E-state index >= 15 is 4.39 Å². The van der Waals surface area contributed by atoms with Crippen LogP contribution in [-0.2, 0) is 4.79 Å². The van der Waals surface area contributed by atoms with Crippen molar-refractivity contribution in [2.24, 2.45) is 5.41 Å². The Labute approximate surface area is 221 Å². The highest BCUT2D eigenvalue weighted by Crippen LogP contribution is 2.41. The second-order valence-electron chi connectivity index (χ2n) is 9.52. The largest absolute Gasteiger partial charge is 0.497 e. The Kier molecular flexibility index (Phi) is 8.86. The van der Waals surface area contributed by atoms with Crippen LogP contribution < -0.4 is 15.0 Å². The zero-order valence-electron chi connectivity index (χ0n) is 21.2. The molecule has 39 heavy (non-hydrogen) atoms. The first-order valence-electron chi connectivity index (χ1n) is 12.4. The van der Waals surface area contributed by atoms with Gasteiger partial charge in [0, 0.05) is 29.6 Å². The van der Waals surface area contributed by atoms with E-state index in [9.17, 15) is 27.6 Å². The van der Waals surface area contributed by atoms with E-state index in [0.29, 0.717) is 30.9 Å². The van der Waals surface area contributed by atoms with Crippen molar-refractivity contribution in [2.45, 2.75) is 31.9 Å². The standard InChI is InChI=1S/C27H28F5N3O4/c1-38-16-2-3-23-18(12-16)24(22(31)15-33-23)19(28)4-5-27(26(36)34-37)6-8-35(9-7-27)10-11-39-17-13-20(29)25(32)21(30)14-17/h2-3,12-15,19,37H,4-11H2,1H3,(H,34,36)/t19-/m1/s1. The molecule has 210 valence electrons. The summed E-state index contributed by atoms with van der Waals surface area (Å²) >= 11 is 0. The van der Waals surface area contributed by atoms with Crippen molar-refractivity contribution in [3.8, 4) is 11.5 Å². The molecule has 1 aliphatic rings. The summed E-state index contributed by atoms with van der Waals surface area (Å²) in [6, 6.07) is 6.26. The minimum Gasteiger partial charge on any atom is -0.497 e. The minimum absolute atomic E-state index is 0.0479. The SMILES string of the molecule is COc1ccc2ncc(F)c([C@H](F)CCC3(C(=O)NO)CCN(CCOc4cc(F)c(F)c(F)c4)CC3)c2c1. The highest BCUT2D eigenvalue weighted by atomic mass is 19.2. The number of nitrogens with one attached hydrogen (secondary N) is 1. The summed E-state index contributed by atoms with van der Waals surface area (Å²) in [5, 5.41) is 9.65. The molecule has 2 heterocycles. The molecule has 1 aliphatic heterocycles. The molecule has 0 saturated carbocycles. The molecule has 12 heteroatoms. The number of ether oxygens (including phenoxy) is 2. The van der Waals surface area contributed by atoms with Crippen LogP contribution in [0.3, 0.4) is 0 Å². The van der Waals surface area contributed by atoms with Crippen LogP contribution in [0.2, 0.25) is 0 Å². The van der Waals surface area contributed by atoms with Crippen LogP contribution in [0.4, 0.5) is 22.0 Å². The number of hydrogen-bond donors (Lipinski definition) is 2. The third-order valence-electron chi connectivity index (χ3n) is 7.29. The number of carbonyl (C=O) groups excluding carboxylic acids is 1. The number of hydrogen-bond acceptors (Lipinski definition) is 6. The number of fused-ring (bicyclic) bond motifs is 1. The molecule has 1 fully saturated rings. The molecule has 1 amide bonds. The number of halogens is 5. The van der Waals surface area contributed by atoms with Crippen molar-refractivity contribution in [2.75, 3.05) is 33.4 Å². The Morgan fingerprint density at radius 3 is 2.44 bits per heavy atom. The molecule has 0 unspecified atom stereocenters. The fraction of sp³-hybridized carbons (Fsp3) is 0.407. The van der Waals surface area contributed by atoms with Gasteiger partial charge in [0.25, 0.3) is 0 Å². The molecule has 3 aromatic rings. The first-order valence-corrected chi connectivity index (χ1v) is 12.4. The van der Waals surface area contributed by atoms with Gasteiger partial charge in [-0.25, -0.2) is 27.4 Å². The minimum atomic E-state index is -1.74. The van der Waals surface area contributed by atoms with Gasteiger partial charge in [-0.2, -0.15) is 0 Å². The molecule has 1 atom stereocenters. The highest BCUT2D eigenvalue weighted by molar-refractivity contribution is 5.84. The van der Waals surface area contributed by atoms with Crippen LogP contribution in [0.25, 0.3) is 10.9 Å². The highest BCUT2D eigenvalue weighted by Gasteiger charge is 2.41. The number of carbonyl (C=O) groups is 1. The topological polar surface area (TPSA) is 83.9 Å². The molecule has 0 bridgehead atoms. The molecule has 2 N–H and O–H groups in total. The number of alkyl halides is 1. The Morgan fingerprint density at radius 1 is 1.10 bits per heavy atom. The van der Waals surface area contributed by atoms with Crippen molar-refractivity contribution >= 4 is 16.8 Å². The molecule has 2 aromatic carbocycles. The third-order valence-corrected chi connectivity index (χ3v) is 7.29. The molecule has 1 saturated heterocycles. The molecule has 0 aliphatic carbocycles. The van der Waals surface area contributed by atoms with E-state index in [4.69, 9.17) is 9.47 Å². The second kappa shape index (κ2) is 12.1. The van der Waals surface area contributed by atoms with E-state index in [1.807, 2.05) is 4.90 Å². The number of nitrogens with zero attached hydrogens (tertiary/aromatic N) is 2. The number of amides is 1. The van der Waals surface area contributed by atoms with Crippen molar-refractivity contribution in [1.82, 2.24) is 15.4 Å². The Bertz CT molecular complexity index is 1310. The number of benzene rings is 2. The zero-order valence-corrected chi connectivity index (χ0v) is 21.2. The number of piperidine rings is 1. The van der Waals surface area contributed by atoms with Crippen LogP contribution in [0.15, 0.2) is 36.5 Å². The van der Waals surface area contributed by atoms with Crippen LogP contribution in [0, 0.1) is 28.7 Å². The number of rotatable bonds is 10. The van der Waals surface area contributed by atoms with Crippen LogP contribution in [-0.4, -0.2) is 54.3 Å². The third kappa shape index (κ3) is 6.22. The Morgan fingerprint density at radius 2 is 1.79 bits per heavy atom. The van der Waals surface area contributed by atoms with Crippen LogP contribution in [0.1, 0.15) is 37.4 Å². The lowest BCUT2D eigenvalue weighted by Crippen LogP contribution is -2.49. The summed E-state index contributed by atoms with van der Waals surface area (Å²) in [5.41, 5.74) is 0.833. The van der Waals surface area contributed by atoms with Crippen molar-refractivity contribution < 1.29 is 41.4 Å². The summed E-state index contributed by atoms with van der Waals surface area (Å²) in [4.78, 5) is 18.6. The molecule has 1 aromatic heterocycles. The summed E-state index contributed by atoms with van der Waals surface area (Å²) in [6.45, 7) is 1.18. The number of hydroxylamine groups is 1. The maximum absolute atomic E-state index is 15.5. The van der Waals surface area contributed by atoms with Crippen molar-refractivity contribution in [1.29, 1.82) is 0 Å². The predicted molar refractivity (Wildman–Crippen MR) is 131 cm³/mol. The van der Waals surface area contributed by atoms with E-state index in [1.54, 1.807) is 17.6 Å². The summed E-state index contributed by atoms with van der Waals surface area (Å²) < 4.78 is 80.6. The lowest BCUT2D eigenvalue weighted by molar-refractivity contribution is -0.143. The molecule has 7 nitrogen and oxygen atoms in total. The first kappa shape index (κ1) is 28.5. The monoisotopic (exact) mass is 553 g/mol. The van der Waals surface area contributed by atoms with Gasteiger partial charge in [-0.15, -0.1) is 0 Å². The summed E-state index contributed by atoms with van der Waals surface area (Å²) in [7, 11) is 1.44. The molecular weight excluding hydrogens is 525 g/mol. The maximum atomic E-state index is 15.5. The smallest absolute Gasteiger partial charge is 0.249 e. The van der Waals surface area contributed by atoms with Gasteiger partial charge < -0.3 is 9.47 Å². The summed E-state index contributed by atoms with van der Waals surface area (Å²) in [6.07, 6.45) is -0.354. The quantitative estimate of drug-likeness (QED) is 0.154. The average Bonchev–Trinajstić information content (AvgIpc) is 2.94. The van der Waals surface area contributed by atoms with Gasteiger partial charge in [0.2, 0.25) is 5.91 Å². The number of pyridine rings is 1. The predicted octanol–water partition coefficient (Wildman–Crippen LogP) is 5.26. The van der Waals surface area contributed by atoms with Gasteiger partial charge in [-0.05, 0) is 57.0 Å². The fourth-order valence-corrected chi connectivity index (χ4v) is 4.98. The van der Waals surface area contributed by atoms with Gasteiger partial charge in [0.15, 0.2) is 17.5 Å². The van der Waals surface area contributed by atoms with E-state index in [2.05, 4.69) is 4.98 Å². The normalized spacial score (nSPS) is 16.2. The van der Waals surface area contributed by atoms with Gasteiger partial charge in [-0.1, -0.05) is 0 Å². The van der Waals surface area contributed by atoms with Crippen molar-refractivity contribution in [3.05, 3.63) is 65.4 Å². The van der Waals surface area contributed by atoms with Gasteiger partial charge >= 0.3 is 0 Å². The van der Waals surface area contributed by atoms with Gasteiger partial charge in [0.1, 0.15) is 30.1 Å². The Balaban J connectivity index is 1.39. The van der Waals surface area contributed by atoms with E-state index in [0.717, 1.165) is 18.3 Å². The van der Waals surface area contributed by atoms with Gasteiger partial charge in [0.05, 0.1) is 24.2 Å². The average molecular weight is 554 g/mol. The second-order valence-corrected chi connectivity index (χ2v) is 9.52. The summed E-state index contributed by atoms with van der Waals surface area (Å²) in [5.74, 6) is -5.47. The molecule has 0 radical (unpaired) electrons. The lowest BCUT2D eigenvalue weighted by Gasteiger charge is -2.40. The molecule has 4 rings (SSSR count). The number of aromatic nitrogens is 1. The number of likely N-dealkylation sites (tertiary alicyclic amines) is 1. The van der Waals surface area contributed by atoms with E-state index in [1.165, 1.54) is 13.2 Å². The lowest BCUT2D eigenvalue weighted by atomic mass is 9.73. The Hall–Kier alpha value is -3.51. The molecular formula is C27H28F5N3O4. The van der Waals surface area contributed by atoms with Crippen molar-refractivity contribution in [3.63, 3.8) is 0 Å². The van der Waals surface area contributed by atoms with Crippen LogP contribution >= 0.6 is 0 Å². The van der Waals surface area contributed by atoms with E-state index in [-0.39, 0.29) is 49.0 Å². The fourth-order valence-electron chi connectivity index (χ4n) is 4.98. The van der Waals surface area contributed by atoms with Gasteiger partial charge in [-0.3, -0.25) is 19.9 Å². The first-order chi connectivity index (χ1) is 18.7.